The van der Waals surface area contributed by atoms with Crippen molar-refractivity contribution in [3.63, 3.8) is 0 Å². The minimum absolute atomic E-state index is 0.0304. The highest BCUT2D eigenvalue weighted by molar-refractivity contribution is 5.78. The maximum absolute atomic E-state index is 11.1. The molecule has 1 atom stereocenters. The number of carbonyl (C=O) groups is 1. The zero-order valence-corrected chi connectivity index (χ0v) is 7.84. The number of nitrogens with one attached hydrogen (secondary N) is 2. The summed E-state index contributed by atoms with van der Waals surface area (Å²) < 4.78 is 0. The topological polar surface area (TPSA) is 61.4 Å². The number of carbonyl (C=O) groups excluding carboxylic acids is 1. The Kier molecular flexibility index (Phi) is 6.98. The van der Waals surface area contributed by atoms with Gasteiger partial charge in [0.05, 0.1) is 25.7 Å². The van der Waals surface area contributed by atoms with Gasteiger partial charge in [-0.2, -0.15) is 0 Å². The van der Waals surface area contributed by atoms with E-state index in [0.717, 1.165) is 6.42 Å². The first-order valence-electron chi connectivity index (χ1n) is 4.29. The van der Waals surface area contributed by atoms with E-state index in [1.165, 1.54) is 0 Å². The number of aliphatic hydroxyl groups excluding tert-OH is 1. The molecule has 0 saturated heterocycles. The second-order valence-corrected chi connectivity index (χ2v) is 2.66. The van der Waals surface area contributed by atoms with Crippen LogP contribution in [0.3, 0.4) is 0 Å². The highest BCUT2D eigenvalue weighted by Crippen LogP contribution is 1.87. The molecule has 1 unspecified atom stereocenters. The van der Waals surface area contributed by atoms with Crippen LogP contribution in [-0.4, -0.2) is 36.8 Å². The first-order valence-corrected chi connectivity index (χ1v) is 4.29. The molecule has 0 radical (unpaired) electrons. The Bertz CT molecular complexity index is 183. The molecule has 74 valence electrons. The van der Waals surface area contributed by atoms with Crippen LogP contribution in [0.2, 0.25) is 0 Å². The molecule has 0 rings (SSSR count). The lowest BCUT2D eigenvalue weighted by atomic mass is 10.2. The largest absolute Gasteiger partial charge is 0.394 e. The lowest BCUT2D eigenvalue weighted by Gasteiger charge is -2.13. The third-order valence-corrected chi connectivity index (χ3v) is 1.59. The molecule has 0 fully saturated rings. The van der Waals surface area contributed by atoms with Crippen LogP contribution in [0.25, 0.3) is 0 Å². The van der Waals surface area contributed by atoms with E-state index in [0.29, 0.717) is 6.54 Å². The van der Waals surface area contributed by atoms with Gasteiger partial charge in [0.25, 0.3) is 0 Å². The molecule has 0 aliphatic carbocycles. The molecular formula is C9H16N2O2. The van der Waals surface area contributed by atoms with Crippen LogP contribution in [-0.2, 0) is 4.79 Å². The van der Waals surface area contributed by atoms with E-state index in [-0.39, 0.29) is 25.1 Å². The summed E-state index contributed by atoms with van der Waals surface area (Å²) in [4.78, 5) is 11.1. The third-order valence-electron chi connectivity index (χ3n) is 1.59. The van der Waals surface area contributed by atoms with Crippen molar-refractivity contribution in [1.82, 2.24) is 10.6 Å². The van der Waals surface area contributed by atoms with E-state index < -0.39 is 0 Å². The Hall–Kier alpha value is -1.05. The maximum atomic E-state index is 11.1. The summed E-state index contributed by atoms with van der Waals surface area (Å²) in [5.41, 5.74) is 0. The summed E-state index contributed by atoms with van der Waals surface area (Å²) in [6.07, 6.45) is 5.70. The Morgan fingerprint density at radius 1 is 1.69 bits per heavy atom. The minimum Gasteiger partial charge on any atom is -0.394 e. The highest BCUT2D eigenvalue weighted by Gasteiger charge is 2.07. The minimum atomic E-state index is -0.153. The zero-order chi connectivity index (χ0) is 10.1. The lowest BCUT2D eigenvalue weighted by Crippen LogP contribution is -2.41. The molecule has 0 aliphatic heterocycles. The Balaban J connectivity index is 3.55. The third kappa shape index (κ3) is 6.14. The Morgan fingerprint density at radius 2 is 2.38 bits per heavy atom. The molecule has 0 aliphatic rings. The van der Waals surface area contributed by atoms with Gasteiger partial charge in [0.1, 0.15) is 0 Å². The van der Waals surface area contributed by atoms with Crippen molar-refractivity contribution in [3.05, 3.63) is 0 Å². The Morgan fingerprint density at radius 3 is 2.85 bits per heavy atom. The van der Waals surface area contributed by atoms with Gasteiger partial charge in [-0.3, -0.25) is 10.1 Å². The van der Waals surface area contributed by atoms with E-state index >= 15 is 0 Å². The molecule has 0 spiro atoms. The van der Waals surface area contributed by atoms with Gasteiger partial charge in [0.15, 0.2) is 0 Å². The van der Waals surface area contributed by atoms with Gasteiger partial charge in [0, 0.05) is 0 Å². The summed E-state index contributed by atoms with van der Waals surface area (Å²) in [6, 6.07) is -0.153. The van der Waals surface area contributed by atoms with Gasteiger partial charge in [-0.05, 0) is 6.42 Å². The van der Waals surface area contributed by atoms with E-state index in [2.05, 4.69) is 16.6 Å². The van der Waals surface area contributed by atoms with Gasteiger partial charge in [0.2, 0.25) is 5.91 Å². The monoisotopic (exact) mass is 184 g/mol. The molecule has 0 heterocycles. The number of terminal acetylenes is 1. The molecule has 0 bridgehead atoms. The van der Waals surface area contributed by atoms with Crippen molar-refractivity contribution in [2.45, 2.75) is 19.4 Å². The molecule has 4 nitrogen and oxygen atoms in total. The van der Waals surface area contributed by atoms with Crippen molar-refractivity contribution in [1.29, 1.82) is 0 Å². The maximum Gasteiger partial charge on any atom is 0.234 e. The highest BCUT2D eigenvalue weighted by atomic mass is 16.3. The van der Waals surface area contributed by atoms with Crippen LogP contribution in [0.1, 0.15) is 13.3 Å². The van der Waals surface area contributed by atoms with E-state index in [9.17, 15) is 4.79 Å². The van der Waals surface area contributed by atoms with Crippen molar-refractivity contribution in [2.24, 2.45) is 0 Å². The van der Waals surface area contributed by atoms with Crippen LogP contribution in [0, 0.1) is 12.3 Å². The standard InChI is InChI=1S/C9H16N2O2/c1-3-5-10-6-9(13)11-8(4-2)7-12/h1,8,10,12H,4-7H2,2H3,(H,11,13). The normalized spacial score (nSPS) is 11.8. The predicted octanol–water partition coefficient (Wildman–Crippen LogP) is -0.904. The molecule has 0 saturated carbocycles. The first-order chi connectivity index (χ1) is 6.24. The molecule has 0 aromatic rings. The van der Waals surface area contributed by atoms with Crippen molar-refractivity contribution < 1.29 is 9.90 Å². The van der Waals surface area contributed by atoms with Gasteiger partial charge in [-0.15, -0.1) is 6.42 Å². The first kappa shape index (κ1) is 11.9. The summed E-state index contributed by atoms with van der Waals surface area (Å²) >= 11 is 0. The van der Waals surface area contributed by atoms with Crippen LogP contribution in [0.4, 0.5) is 0 Å². The van der Waals surface area contributed by atoms with Crippen molar-refractivity contribution >= 4 is 5.91 Å². The number of hydrogen-bond donors (Lipinski definition) is 3. The second-order valence-electron chi connectivity index (χ2n) is 2.66. The Labute approximate surface area is 78.7 Å². The van der Waals surface area contributed by atoms with Gasteiger partial charge in [-0.25, -0.2) is 0 Å². The SMILES string of the molecule is C#CCNCC(=O)NC(CC)CO. The summed E-state index contributed by atoms with van der Waals surface area (Å²) in [5.74, 6) is 2.22. The van der Waals surface area contributed by atoms with Crippen LogP contribution < -0.4 is 10.6 Å². The predicted molar refractivity (Wildman–Crippen MR) is 51.0 cm³/mol. The molecule has 4 heteroatoms. The van der Waals surface area contributed by atoms with Crippen molar-refractivity contribution in [2.75, 3.05) is 19.7 Å². The van der Waals surface area contributed by atoms with Crippen molar-refractivity contribution in [3.8, 4) is 12.3 Å². The molecule has 0 aromatic heterocycles. The van der Waals surface area contributed by atoms with Gasteiger partial charge >= 0.3 is 0 Å². The average Bonchev–Trinajstić information content (AvgIpc) is 2.14. The van der Waals surface area contributed by atoms with Crippen LogP contribution in [0.15, 0.2) is 0 Å². The van der Waals surface area contributed by atoms with Crippen LogP contribution >= 0.6 is 0 Å². The molecule has 0 aromatic carbocycles. The second kappa shape index (κ2) is 7.59. The number of rotatable bonds is 6. The molecule has 13 heavy (non-hydrogen) atoms. The summed E-state index contributed by atoms with van der Waals surface area (Å²) in [7, 11) is 0. The molecule has 1 amide bonds. The molecule has 3 N–H and O–H groups in total. The van der Waals surface area contributed by atoms with E-state index in [1.807, 2.05) is 6.92 Å². The molecular weight excluding hydrogens is 168 g/mol. The lowest BCUT2D eigenvalue weighted by molar-refractivity contribution is -0.121. The summed E-state index contributed by atoms with van der Waals surface area (Å²) in [5, 5.41) is 14.2. The average molecular weight is 184 g/mol. The smallest absolute Gasteiger partial charge is 0.234 e. The number of amides is 1. The fraction of sp³-hybridized carbons (Fsp3) is 0.667. The van der Waals surface area contributed by atoms with E-state index in [1.54, 1.807) is 0 Å². The fourth-order valence-corrected chi connectivity index (χ4v) is 0.804. The van der Waals surface area contributed by atoms with Gasteiger partial charge < -0.3 is 10.4 Å². The number of hydrogen-bond acceptors (Lipinski definition) is 3. The van der Waals surface area contributed by atoms with Crippen LogP contribution in [0.5, 0.6) is 0 Å². The zero-order valence-electron chi connectivity index (χ0n) is 7.84. The fourth-order valence-electron chi connectivity index (χ4n) is 0.804. The van der Waals surface area contributed by atoms with Gasteiger partial charge in [-0.1, -0.05) is 12.8 Å². The van der Waals surface area contributed by atoms with E-state index in [4.69, 9.17) is 11.5 Å². The summed E-state index contributed by atoms with van der Waals surface area (Å²) in [6.45, 7) is 2.44. The quantitative estimate of drug-likeness (QED) is 0.370. The number of aliphatic hydroxyl groups is 1.